The van der Waals surface area contributed by atoms with Gasteiger partial charge in [-0.25, -0.2) is 4.98 Å². The first kappa shape index (κ1) is 17.7. The smallest absolute Gasteiger partial charge is 0.213 e. The molecule has 3 rings (SSSR count). The summed E-state index contributed by atoms with van der Waals surface area (Å²) in [4.78, 5) is 13.8. The minimum Gasteiger partial charge on any atom is -0.481 e. The zero-order chi connectivity index (χ0) is 15.4. The van der Waals surface area contributed by atoms with Gasteiger partial charge in [0.1, 0.15) is 5.52 Å². The Kier molecular flexibility index (Phi) is 6.38. The average molecular weight is 338 g/mol. The van der Waals surface area contributed by atoms with Crippen molar-refractivity contribution in [3.05, 3.63) is 24.4 Å². The minimum atomic E-state index is 0. The molecule has 2 aromatic rings. The molecule has 1 aliphatic heterocycles. The van der Waals surface area contributed by atoms with Crippen LogP contribution in [0.25, 0.3) is 11.0 Å². The zero-order valence-corrected chi connectivity index (χ0v) is 14.3. The number of anilines is 1. The lowest BCUT2D eigenvalue weighted by Crippen LogP contribution is -2.34. The molecule has 0 aliphatic carbocycles. The average Bonchev–Trinajstić information content (AvgIpc) is 2.80. The third-order valence-electron chi connectivity index (χ3n) is 4.12. The van der Waals surface area contributed by atoms with Crippen LogP contribution >= 0.6 is 12.4 Å². The second-order valence-corrected chi connectivity index (χ2v) is 5.52. The number of ether oxygens (including phenoxy) is 1. The van der Waals surface area contributed by atoms with Crippen LogP contribution in [0.15, 0.2) is 24.4 Å². The fraction of sp³-hybridized carbons (Fsp3) is 0.500. The van der Waals surface area contributed by atoms with Gasteiger partial charge >= 0.3 is 0 Å². The fourth-order valence-electron chi connectivity index (χ4n) is 2.98. The summed E-state index contributed by atoms with van der Waals surface area (Å²) < 4.78 is 5.26. The first-order chi connectivity index (χ1) is 10.8. The summed E-state index contributed by atoms with van der Waals surface area (Å²) in [6.45, 7) is 5.84. The number of aromatic nitrogens is 2. The van der Waals surface area contributed by atoms with Crippen LogP contribution < -0.4 is 15.4 Å². The summed E-state index contributed by atoms with van der Waals surface area (Å²) >= 11 is 0. The third-order valence-corrected chi connectivity index (χ3v) is 4.12. The van der Waals surface area contributed by atoms with Crippen molar-refractivity contribution in [3.63, 3.8) is 0 Å². The second kappa shape index (κ2) is 8.29. The Morgan fingerprint density at radius 2 is 2.04 bits per heavy atom. The molecule has 1 aliphatic rings. The number of hydrogen-bond donors (Lipinski definition) is 1. The van der Waals surface area contributed by atoms with E-state index in [1.165, 1.54) is 0 Å². The van der Waals surface area contributed by atoms with E-state index in [2.05, 4.69) is 19.8 Å². The topological polar surface area (TPSA) is 67.5 Å². The highest BCUT2D eigenvalue weighted by Crippen LogP contribution is 2.26. The van der Waals surface area contributed by atoms with Gasteiger partial charge in [-0.05, 0) is 25.1 Å². The lowest BCUT2D eigenvalue weighted by molar-refractivity contribution is 0.302. The number of nitrogens with two attached hydrogens (primary N) is 1. The molecule has 1 fully saturated rings. The Labute approximate surface area is 143 Å². The van der Waals surface area contributed by atoms with E-state index in [-0.39, 0.29) is 12.4 Å². The van der Waals surface area contributed by atoms with E-state index in [0.717, 1.165) is 62.4 Å². The van der Waals surface area contributed by atoms with E-state index >= 15 is 0 Å². The number of hydrogen-bond acceptors (Lipinski definition) is 6. The predicted octanol–water partition coefficient (Wildman–Crippen LogP) is 1.53. The lowest BCUT2D eigenvalue weighted by atomic mass is 10.2. The van der Waals surface area contributed by atoms with Crippen molar-refractivity contribution in [2.24, 2.45) is 5.73 Å². The van der Waals surface area contributed by atoms with Crippen molar-refractivity contribution in [2.75, 3.05) is 51.3 Å². The van der Waals surface area contributed by atoms with Crippen molar-refractivity contribution in [3.8, 4) is 5.88 Å². The molecular formula is C16H24ClN5O. The van der Waals surface area contributed by atoms with Gasteiger partial charge in [0.2, 0.25) is 5.88 Å². The number of rotatable bonds is 4. The minimum absolute atomic E-state index is 0. The van der Waals surface area contributed by atoms with Crippen LogP contribution in [-0.2, 0) is 0 Å². The molecule has 2 N–H and O–H groups in total. The number of nitrogens with zero attached hydrogens (tertiary/aromatic N) is 4. The van der Waals surface area contributed by atoms with Gasteiger partial charge in [-0.3, -0.25) is 4.98 Å². The molecule has 126 valence electrons. The molecule has 7 heteroatoms. The maximum atomic E-state index is 5.68. The van der Waals surface area contributed by atoms with Gasteiger partial charge in [-0.2, -0.15) is 0 Å². The molecule has 0 amide bonds. The standard InChI is InChI=1S/C16H23N5O.ClH/c1-22-15-4-3-13-16(19-15)14(5-7-18-13)21-9-2-8-20(10-6-17)11-12-21;/h3-5,7H,2,6,8-12,17H2,1H3;1H. The Morgan fingerprint density at radius 3 is 2.83 bits per heavy atom. The molecule has 0 unspecified atom stereocenters. The quantitative estimate of drug-likeness (QED) is 0.912. The highest BCUT2D eigenvalue weighted by atomic mass is 35.5. The normalized spacial score (nSPS) is 16.0. The molecule has 0 atom stereocenters. The monoisotopic (exact) mass is 337 g/mol. The number of halogens is 1. The van der Waals surface area contributed by atoms with E-state index in [1.54, 1.807) is 7.11 Å². The van der Waals surface area contributed by atoms with Crippen molar-refractivity contribution in [1.82, 2.24) is 14.9 Å². The van der Waals surface area contributed by atoms with Gasteiger partial charge in [0.15, 0.2) is 0 Å². The van der Waals surface area contributed by atoms with Crippen LogP contribution in [0.1, 0.15) is 6.42 Å². The first-order valence-corrected chi connectivity index (χ1v) is 7.79. The molecule has 6 nitrogen and oxygen atoms in total. The predicted molar refractivity (Wildman–Crippen MR) is 95.7 cm³/mol. The van der Waals surface area contributed by atoms with Crippen LogP contribution in [0.5, 0.6) is 5.88 Å². The number of fused-ring (bicyclic) bond motifs is 1. The van der Waals surface area contributed by atoms with Crippen LogP contribution in [-0.4, -0.2) is 61.2 Å². The van der Waals surface area contributed by atoms with E-state index in [1.807, 2.05) is 24.4 Å². The molecule has 3 heterocycles. The number of methoxy groups -OCH3 is 1. The van der Waals surface area contributed by atoms with Gasteiger partial charge in [0.05, 0.1) is 18.3 Å². The van der Waals surface area contributed by atoms with Crippen LogP contribution in [0.2, 0.25) is 0 Å². The summed E-state index contributed by atoms with van der Waals surface area (Å²) in [5.41, 5.74) is 8.63. The Hall–Kier alpha value is -1.63. The van der Waals surface area contributed by atoms with E-state index in [4.69, 9.17) is 10.5 Å². The first-order valence-electron chi connectivity index (χ1n) is 7.79. The SMILES string of the molecule is COc1ccc2nccc(N3CCCN(CCN)CC3)c2n1.Cl. The summed E-state index contributed by atoms with van der Waals surface area (Å²) in [6, 6.07) is 5.86. The van der Waals surface area contributed by atoms with Crippen molar-refractivity contribution in [2.45, 2.75) is 6.42 Å². The molecular weight excluding hydrogens is 314 g/mol. The molecule has 0 bridgehead atoms. The fourth-order valence-corrected chi connectivity index (χ4v) is 2.98. The number of pyridine rings is 2. The maximum Gasteiger partial charge on any atom is 0.213 e. The Balaban J connectivity index is 0.00000192. The van der Waals surface area contributed by atoms with Crippen molar-refractivity contribution >= 4 is 29.1 Å². The Morgan fingerprint density at radius 1 is 1.17 bits per heavy atom. The largest absolute Gasteiger partial charge is 0.481 e. The van der Waals surface area contributed by atoms with Crippen LogP contribution in [0.4, 0.5) is 5.69 Å². The van der Waals surface area contributed by atoms with Gasteiger partial charge < -0.3 is 20.3 Å². The van der Waals surface area contributed by atoms with Gasteiger partial charge in [0, 0.05) is 45.0 Å². The highest BCUT2D eigenvalue weighted by Gasteiger charge is 2.17. The Bertz CT molecular complexity index is 639. The van der Waals surface area contributed by atoms with E-state index in [0.29, 0.717) is 5.88 Å². The van der Waals surface area contributed by atoms with E-state index in [9.17, 15) is 0 Å². The van der Waals surface area contributed by atoms with Gasteiger partial charge in [-0.1, -0.05) is 0 Å². The van der Waals surface area contributed by atoms with Crippen molar-refractivity contribution in [1.29, 1.82) is 0 Å². The highest BCUT2D eigenvalue weighted by molar-refractivity contribution is 5.88. The lowest BCUT2D eigenvalue weighted by Gasteiger charge is -2.24. The summed E-state index contributed by atoms with van der Waals surface area (Å²) in [7, 11) is 1.64. The van der Waals surface area contributed by atoms with Crippen LogP contribution in [0, 0.1) is 0 Å². The molecule has 0 spiro atoms. The van der Waals surface area contributed by atoms with Crippen molar-refractivity contribution < 1.29 is 4.74 Å². The third kappa shape index (κ3) is 4.02. The second-order valence-electron chi connectivity index (χ2n) is 5.52. The summed E-state index contributed by atoms with van der Waals surface area (Å²) in [5, 5.41) is 0. The molecule has 23 heavy (non-hydrogen) atoms. The summed E-state index contributed by atoms with van der Waals surface area (Å²) in [5.74, 6) is 0.626. The van der Waals surface area contributed by atoms with E-state index < -0.39 is 0 Å². The summed E-state index contributed by atoms with van der Waals surface area (Å²) in [6.07, 6.45) is 2.99. The van der Waals surface area contributed by atoms with Crippen LogP contribution in [0.3, 0.4) is 0 Å². The maximum absolute atomic E-state index is 5.68. The van der Waals surface area contributed by atoms with Gasteiger partial charge in [-0.15, -0.1) is 12.4 Å². The molecule has 2 aromatic heterocycles. The molecule has 0 aromatic carbocycles. The molecule has 0 saturated carbocycles. The van der Waals surface area contributed by atoms with Gasteiger partial charge in [0.25, 0.3) is 0 Å². The zero-order valence-electron chi connectivity index (χ0n) is 13.4. The molecule has 0 radical (unpaired) electrons. The molecule has 1 saturated heterocycles.